The number of aromatic nitrogens is 1. The summed E-state index contributed by atoms with van der Waals surface area (Å²) in [6.07, 6.45) is 1.46. The first kappa shape index (κ1) is 15.7. The van der Waals surface area contributed by atoms with E-state index < -0.39 is 16.0 Å². The van der Waals surface area contributed by atoms with Crippen LogP contribution in [0.25, 0.3) is 0 Å². The maximum atomic E-state index is 12.2. The van der Waals surface area contributed by atoms with Gasteiger partial charge in [-0.2, -0.15) is 0 Å². The van der Waals surface area contributed by atoms with Crippen molar-refractivity contribution in [2.75, 3.05) is 11.8 Å². The molecular weight excluding hydrogens is 384 g/mol. The van der Waals surface area contributed by atoms with Crippen molar-refractivity contribution < 1.29 is 23.1 Å². The smallest absolute Gasteiger partial charge is 0.339 e. The maximum absolute atomic E-state index is 12.2. The highest BCUT2D eigenvalue weighted by molar-refractivity contribution is 9.11. The largest absolute Gasteiger partial charge is 0.496 e. The van der Waals surface area contributed by atoms with Crippen LogP contribution >= 0.6 is 27.3 Å². The van der Waals surface area contributed by atoms with E-state index in [9.17, 15) is 13.2 Å². The Kier molecular flexibility index (Phi) is 4.49. The summed E-state index contributed by atoms with van der Waals surface area (Å²) >= 11 is 4.27. The van der Waals surface area contributed by atoms with Crippen LogP contribution in [0.1, 0.15) is 10.4 Å². The molecule has 0 saturated carbocycles. The number of anilines is 1. The van der Waals surface area contributed by atoms with Gasteiger partial charge >= 0.3 is 5.97 Å². The number of sulfonamides is 1. The number of halogens is 1. The van der Waals surface area contributed by atoms with Crippen molar-refractivity contribution in [2.24, 2.45) is 0 Å². The number of thiazole rings is 1. The molecule has 2 rings (SSSR count). The molecule has 0 radical (unpaired) electrons. The van der Waals surface area contributed by atoms with Crippen molar-refractivity contribution in [3.05, 3.63) is 33.7 Å². The number of benzene rings is 1. The van der Waals surface area contributed by atoms with Gasteiger partial charge in [0.25, 0.3) is 10.0 Å². The van der Waals surface area contributed by atoms with Gasteiger partial charge < -0.3 is 9.84 Å². The van der Waals surface area contributed by atoms with Crippen LogP contribution < -0.4 is 9.46 Å². The fourth-order valence-corrected chi connectivity index (χ4v) is 3.87. The minimum Gasteiger partial charge on any atom is -0.496 e. The lowest BCUT2D eigenvalue weighted by Crippen LogP contribution is -2.14. The fraction of sp³-hybridized carbons (Fsp3) is 0.0909. The van der Waals surface area contributed by atoms with Gasteiger partial charge in [-0.1, -0.05) is 11.3 Å². The van der Waals surface area contributed by atoms with Gasteiger partial charge in [0, 0.05) is 0 Å². The first-order valence-corrected chi connectivity index (χ1v) is 8.48. The highest BCUT2D eigenvalue weighted by Crippen LogP contribution is 2.27. The second-order valence-electron chi connectivity index (χ2n) is 3.74. The first-order chi connectivity index (χ1) is 9.83. The van der Waals surface area contributed by atoms with E-state index in [-0.39, 0.29) is 21.3 Å². The van der Waals surface area contributed by atoms with Crippen LogP contribution in [0.4, 0.5) is 5.13 Å². The Morgan fingerprint density at radius 2 is 2.19 bits per heavy atom. The van der Waals surface area contributed by atoms with Gasteiger partial charge in [0.1, 0.15) is 11.3 Å². The summed E-state index contributed by atoms with van der Waals surface area (Å²) in [6.45, 7) is 0. The minimum atomic E-state index is -3.92. The lowest BCUT2D eigenvalue weighted by atomic mass is 10.2. The number of hydrogen-bond donors (Lipinski definition) is 2. The zero-order valence-electron chi connectivity index (χ0n) is 10.5. The van der Waals surface area contributed by atoms with Gasteiger partial charge in [0.15, 0.2) is 5.13 Å². The summed E-state index contributed by atoms with van der Waals surface area (Å²) in [5.74, 6) is -1.20. The molecule has 0 aliphatic rings. The minimum absolute atomic E-state index is 0.0819. The Bertz CT molecular complexity index is 788. The molecule has 1 heterocycles. The average Bonchev–Trinajstić information content (AvgIpc) is 2.82. The van der Waals surface area contributed by atoms with Crippen molar-refractivity contribution in [1.29, 1.82) is 0 Å². The third-order valence-electron chi connectivity index (χ3n) is 2.41. The Labute approximate surface area is 132 Å². The summed E-state index contributed by atoms with van der Waals surface area (Å²) in [5, 5.41) is 9.24. The van der Waals surface area contributed by atoms with E-state index in [0.717, 1.165) is 17.4 Å². The monoisotopic (exact) mass is 392 g/mol. The molecule has 0 spiro atoms. The molecule has 0 fully saturated rings. The molecule has 7 nitrogen and oxygen atoms in total. The van der Waals surface area contributed by atoms with Gasteiger partial charge in [-0.3, -0.25) is 4.72 Å². The number of nitrogens with one attached hydrogen (secondary N) is 1. The number of nitrogens with zero attached hydrogens (tertiary/aromatic N) is 1. The zero-order valence-corrected chi connectivity index (χ0v) is 13.8. The highest BCUT2D eigenvalue weighted by Gasteiger charge is 2.20. The van der Waals surface area contributed by atoms with Crippen LogP contribution in [0.2, 0.25) is 0 Å². The van der Waals surface area contributed by atoms with Crippen LogP contribution in [0.3, 0.4) is 0 Å². The predicted molar refractivity (Wildman–Crippen MR) is 80.6 cm³/mol. The number of carboxylic acids is 1. The van der Waals surface area contributed by atoms with E-state index in [1.807, 2.05) is 0 Å². The second-order valence-corrected chi connectivity index (χ2v) is 7.83. The summed E-state index contributed by atoms with van der Waals surface area (Å²) in [7, 11) is -2.62. The number of carbonyl (C=O) groups is 1. The number of methoxy groups -OCH3 is 1. The summed E-state index contributed by atoms with van der Waals surface area (Å²) in [5.41, 5.74) is -0.235. The van der Waals surface area contributed by atoms with Crippen LogP contribution in [0, 0.1) is 0 Å². The molecule has 112 valence electrons. The number of ether oxygens (including phenoxy) is 1. The molecule has 0 saturated heterocycles. The Balaban J connectivity index is 2.40. The van der Waals surface area contributed by atoms with Gasteiger partial charge in [0.05, 0.1) is 22.0 Å². The predicted octanol–water partition coefficient (Wildman–Crippen LogP) is 2.41. The Morgan fingerprint density at radius 3 is 2.71 bits per heavy atom. The van der Waals surface area contributed by atoms with Crippen molar-refractivity contribution in [2.45, 2.75) is 4.90 Å². The number of hydrogen-bond acceptors (Lipinski definition) is 6. The molecule has 0 bridgehead atoms. The highest BCUT2D eigenvalue weighted by atomic mass is 79.9. The van der Waals surface area contributed by atoms with Crippen LogP contribution in [0.5, 0.6) is 5.75 Å². The van der Waals surface area contributed by atoms with E-state index in [2.05, 4.69) is 25.6 Å². The molecule has 0 amide bonds. The SMILES string of the molecule is COc1ccc(S(=O)(=O)Nc2ncc(Br)s2)cc1C(=O)O. The third-order valence-corrected chi connectivity index (χ3v) is 5.27. The fourth-order valence-electron chi connectivity index (χ4n) is 1.50. The molecule has 10 heteroatoms. The topological polar surface area (TPSA) is 106 Å². The van der Waals surface area contributed by atoms with Gasteiger partial charge in [-0.05, 0) is 34.1 Å². The van der Waals surface area contributed by atoms with Crippen LogP contribution in [0.15, 0.2) is 33.1 Å². The molecule has 0 unspecified atom stereocenters. The molecule has 0 aliphatic heterocycles. The molecule has 1 aromatic heterocycles. The molecule has 2 aromatic rings. The summed E-state index contributed by atoms with van der Waals surface area (Å²) < 4.78 is 32.2. The Morgan fingerprint density at radius 1 is 1.48 bits per heavy atom. The van der Waals surface area contributed by atoms with Crippen LogP contribution in [-0.2, 0) is 10.0 Å². The molecule has 1 aromatic carbocycles. The van der Waals surface area contributed by atoms with Gasteiger partial charge in [-0.15, -0.1) is 0 Å². The van der Waals surface area contributed by atoms with Gasteiger partial charge in [-0.25, -0.2) is 18.2 Å². The molecule has 0 aliphatic carbocycles. The van der Waals surface area contributed by atoms with Crippen molar-refractivity contribution >= 4 is 48.4 Å². The molecule has 2 N–H and O–H groups in total. The lowest BCUT2D eigenvalue weighted by molar-refractivity contribution is 0.0693. The van der Waals surface area contributed by atoms with E-state index >= 15 is 0 Å². The molecule has 21 heavy (non-hydrogen) atoms. The Hall–Kier alpha value is -1.65. The third kappa shape index (κ3) is 3.52. The second kappa shape index (κ2) is 6.00. The van der Waals surface area contributed by atoms with E-state index in [0.29, 0.717) is 3.79 Å². The van der Waals surface area contributed by atoms with Crippen LogP contribution in [-0.4, -0.2) is 31.6 Å². The first-order valence-electron chi connectivity index (χ1n) is 5.39. The number of aromatic carboxylic acids is 1. The number of carboxylic acid groups (broad SMARTS) is 1. The average molecular weight is 393 g/mol. The normalized spacial score (nSPS) is 11.1. The van der Waals surface area contributed by atoms with Crippen molar-refractivity contribution in [3.63, 3.8) is 0 Å². The van der Waals surface area contributed by atoms with E-state index in [4.69, 9.17) is 9.84 Å². The van der Waals surface area contributed by atoms with Gasteiger partial charge in [0.2, 0.25) is 0 Å². The summed E-state index contributed by atoms with van der Waals surface area (Å²) in [6, 6.07) is 3.58. The van der Waals surface area contributed by atoms with Crippen molar-refractivity contribution in [1.82, 2.24) is 4.98 Å². The molecular formula is C11H9BrN2O5S2. The quantitative estimate of drug-likeness (QED) is 0.808. The summed E-state index contributed by atoms with van der Waals surface area (Å²) in [4.78, 5) is 14.8. The van der Waals surface area contributed by atoms with E-state index in [1.165, 1.54) is 25.4 Å². The molecule has 0 atom stereocenters. The standard InChI is InChI=1S/C11H9BrN2O5S2/c1-19-8-3-2-6(4-7(8)10(15)16)21(17,18)14-11-13-5-9(12)20-11/h2-5H,1H3,(H,13,14)(H,15,16). The maximum Gasteiger partial charge on any atom is 0.339 e. The van der Waals surface area contributed by atoms with E-state index in [1.54, 1.807) is 0 Å². The lowest BCUT2D eigenvalue weighted by Gasteiger charge is -2.09. The zero-order chi connectivity index (χ0) is 15.6. The number of rotatable bonds is 5. The van der Waals surface area contributed by atoms with Crippen molar-refractivity contribution in [3.8, 4) is 5.75 Å².